The molecule has 0 unspecified atom stereocenters. The maximum absolute atomic E-state index is 6.16. The van der Waals surface area contributed by atoms with Gasteiger partial charge in [-0.2, -0.15) is 0 Å². The van der Waals surface area contributed by atoms with Crippen LogP contribution in [0.1, 0.15) is 5.76 Å². The van der Waals surface area contributed by atoms with Crippen molar-refractivity contribution in [3.63, 3.8) is 0 Å². The average Bonchev–Trinajstić information content (AvgIpc) is 2.86. The third kappa shape index (κ3) is 6.37. The summed E-state index contributed by atoms with van der Waals surface area (Å²) in [5.74, 6) is 1.62. The van der Waals surface area contributed by atoms with Gasteiger partial charge in [-0.25, -0.2) is 0 Å². The Morgan fingerprint density at radius 2 is 1.82 bits per heavy atom. The largest absolute Gasteiger partial charge is 0.460 e. The summed E-state index contributed by atoms with van der Waals surface area (Å²) in [5.41, 5.74) is 0.818. The van der Waals surface area contributed by atoms with Crippen LogP contribution in [0.15, 0.2) is 34.7 Å². The number of hydrogen-bond donors (Lipinski definition) is 1. The molecular formula is C15H20Cl4N2O. The third-order valence-electron chi connectivity index (χ3n) is 2.89. The van der Waals surface area contributed by atoms with Crippen molar-refractivity contribution in [3.05, 3.63) is 46.1 Å². The first-order valence-corrected chi connectivity index (χ1v) is 7.21. The van der Waals surface area contributed by atoms with Crippen LogP contribution in [-0.4, -0.2) is 32.1 Å². The molecular weight excluding hydrogens is 366 g/mol. The number of furan rings is 1. The summed E-state index contributed by atoms with van der Waals surface area (Å²) in [5, 5.41) is 4.61. The Balaban J connectivity index is 0.00000220. The van der Waals surface area contributed by atoms with E-state index in [2.05, 4.69) is 10.2 Å². The van der Waals surface area contributed by atoms with Gasteiger partial charge in [-0.1, -0.05) is 23.2 Å². The van der Waals surface area contributed by atoms with Crippen LogP contribution in [0.3, 0.4) is 0 Å². The maximum Gasteiger partial charge on any atom is 0.135 e. The van der Waals surface area contributed by atoms with Gasteiger partial charge in [0, 0.05) is 23.7 Å². The molecule has 7 heteroatoms. The van der Waals surface area contributed by atoms with E-state index in [9.17, 15) is 0 Å². The molecule has 0 atom stereocenters. The fourth-order valence-electron chi connectivity index (χ4n) is 1.82. The zero-order chi connectivity index (χ0) is 14.5. The summed E-state index contributed by atoms with van der Waals surface area (Å²) in [6.07, 6.45) is 0. The number of benzene rings is 1. The molecule has 0 saturated carbocycles. The first-order valence-electron chi connectivity index (χ1n) is 6.46. The number of nitrogens with one attached hydrogen (secondary N) is 1. The molecule has 22 heavy (non-hydrogen) atoms. The van der Waals surface area contributed by atoms with Crippen molar-refractivity contribution in [3.8, 4) is 11.3 Å². The summed E-state index contributed by atoms with van der Waals surface area (Å²) in [4.78, 5) is 2.13. The lowest BCUT2D eigenvalue weighted by atomic mass is 10.2. The van der Waals surface area contributed by atoms with Gasteiger partial charge in [0.1, 0.15) is 11.5 Å². The smallest absolute Gasteiger partial charge is 0.135 e. The molecule has 0 radical (unpaired) electrons. The summed E-state index contributed by atoms with van der Waals surface area (Å²) in [6, 6.07) is 9.22. The van der Waals surface area contributed by atoms with E-state index in [1.165, 1.54) is 0 Å². The highest BCUT2D eigenvalue weighted by atomic mass is 35.5. The van der Waals surface area contributed by atoms with Crippen molar-refractivity contribution in [2.75, 3.05) is 27.2 Å². The van der Waals surface area contributed by atoms with Gasteiger partial charge in [0.2, 0.25) is 0 Å². The molecule has 3 nitrogen and oxygen atoms in total. The monoisotopic (exact) mass is 384 g/mol. The second-order valence-corrected chi connectivity index (χ2v) is 5.71. The van der Waals surface area contributed by atoms with E-state index in [-0.39, 0.29) is 24.8 Å². The van der Waals surface area contributed by atoms with Crippen LogP contribution in [0.5, 0.6) is 0 Å². The molecule has 124 valence electrons. The Morgan fingerprint density at radius 1 is 1.09 bits per heavy atom. The topological polar surface area (TPSA) is 28.4 Å². The lowest BCUT2D eigenvalue weighted by Crippen LogP contribution is -2.25. The number of likely N-dealkylation sites (N-methyl/N-ethyl adjacent to an activating group) is 1. The quantitative estimate of drug-likeness (QED) is 0.727. The molecule has 0 fully saturated rings. The van der Waals surface area contributed by atoms with Crippen LogP contribution >= 0.6 is 48.0 Å². The number of halogens is 4. The molecule has 0 amide bonds. The van der Waals surface area contributed by atoms with Crippen LogP contribution < -0.4 is 5.32 Å². The molecule has 1 aromatic carbocycles. The van der Waals surface area contributed by atoms with E-state index in [4.69, 9.17) is 27.6 Å². The van der Waals surface area contributed by atoms with Crippen molar-refractivity contribution in [1.29, 1.82) is 0 Å². The first kappa shape index (κ1) is 21.6. The predicted molar refractivity (Wildman–Crippen MR) is 98.9 cm³/mol. The lowest BCUT2D eigenvalue weighted by Gasteiger charge is -2.09. The van der Waals surface area contributed by atoms with Gasteiger partial charge in [-0.3, -0.25) is 0 Å². The maximum atomic E-state index is 6.16. The Labute approximate surface area is 153 Å². The molecule has 1 aromatic heterocycles. The molecule has 0 aliphatic heterocycles. The summed E-state index contributed by atoms with van der Waals surface area (Å²) >= 11 is 12.2. The minimum absolute atomic E-state index is 0. The molecule has 0 bridgehead atoms. The van der Waals surface area contributed by atoms with Gasteiger partial charge in [0.15, 0.2) is 0 Å². The number of nitrogens with zero attached hydrogens (tertiary/aromatic N) is 1. The number of rotatable bonds is 6. The van der Waals surface area contributed by atoms with Crippen LogP contribution in [0, 0.1) is 0 Å². The Kier molecular flexibility index (Phi) is 10.2. The van der Waals surface area contributed by atoms with Crippen LogP contribution in [-0.2, 0) is 6.54 Å². The highest BCUT2D eigenvalue weighted by Gasteiger charge is 2.09. The van der Waals surface area contributed by atoms with Crippen molar-refractivity contribution >= 4 is 48.0 Å². The lowest BCUT2D eigenvalue weighted by molar-refractivity contribution is 0.392. The highest BCUT2D eigenvalue weighted by Crippen LogP contribution is 2.31. The molecule has 0 aliphatic carbocycles. The average molecular weight is 386 g/mol. The van der Waals surface area contributed by atoms with E-state index in [0.717, 1.165) is 30.2 Å². The van der Waals surface area contributed by atoms with E-state index in [0.29, 0.717) is 16.6 Å². The third-order valence-corrected chi connectivity index (χ3v) is 3.46. The van der Waals surface area contributed by atoms with E-state index in [1.54, 1.807) is 12.1 Å². The van der Waals surface area contributed by atoms with Crippen LogP contribution in [0.2, 0.25) is 10.0 Å². The van der Waals surface area contributed by atoms with Crippen LogP contribution in [0.25, 0.3) is 11.3 Å². The standard InChI is InChI=1S/C15H18Cl2N2O.2ClH/c1-19(2)8-7-18-10-12-4-6-15(20-12)13-9-11(16)3-5-14(13)17;;/h3-6,9,18H,7-8,10H2,1-2H3;2*1H. The fraction of sp³-hybridized carbons (Fsp3) is 0.333. The van der Waals surface area contributed by atoms with Crippen molar-refractivity contribution < 1.29 is 4.42 Å². The SMILES string of the molecule is CN(C)CCNCc1ccc(-c2cc(Cl)ccc2Cl)o1.Cl.Cl. The van der Waals surface area contributed by atoms with E-state index >= 15 is 0 Å². The normalized spacial score (nSPS) is 10.2. The van der Waals surface area contributed by atoms with Gasteiger partial charge < -0.3 is 14.6 Å². The molecule has 0 spiro atoms. The molecule has 0 saturated heterocycles. The zero-order valence-corrected chi connectivity index (χ0v) is 15.6. The van der Waals surface area contributed by atoms with Gasteiger partial charge in [0.05, 0.1) is 11.6 Å². The molecule has 1 N–H and O–H groups in total. The van der Waals surface area contributed by atoms with Gasteiger partial charge in [-0.05, 0) is 44.4 Å². The van der Waals surface area contributed by atoms with Crippen molar-refractivity contribution in [2.24, 2.45) is 0 Å². The van der Waals surface area contributed by atoms with Crippen molar-refractivity contribution in [2.45, 2.75) is 6.54 Å². The minimum Gasteiger partial charge on any atom is -0.460 e. The molecule has 2 aromatic rings. The second-order valence-electron chi connectivity index (χ2n) is 4.87. The summed E-state index contributed by atoms with van der Waals surface area (Å²) in [6.45, 7) is 2.61. The Bertz CT molecular complexity index is 572. The van der Waals surface area contributed by atoms with Gasteiger partial charge in [0.25, 0.3) is 0 Å². The molecule has 0 aliphatic rings. The Morgan fingerprint density at radius 3 is 2.50 bits per heavy atom. The van der Waals surface area contributed by atoms with Crippen molar-refractivity contribution in [1.82, 2.24) is 10.2 Å². The van der Waals surface area contributed by atoms with E-state index in [1.807, 2.05) is 32.3 Å². The second kappa shape index (κ2) is 10.4. The minimum atomic E-state index is 0. The summed E-state index contributed by atoms with van der Waals surface area (Å²) in [7, 11) is 4.10. The molecule has 1 heterocycles. The van der Waals surface area contributed by atoms with Crippen LogP contribution in [0.4, 0.5) is 0 Å². The molecule has 2 rings (SSSR count). The van der Waals surface area contributed by atoms with Gasteiger partial charge >= 0.3 is 0 Å². The Hall–Kier alpha value is -0.420. The highest BCUT2D eigenvalue weighted by molar-refractivity contribution is 6.35. The summed E-state index contributed by atoms with van der Waals surface area (Å²) < 4.78 is 5.79. The zero-order valence-electron chi connectivity index (χ0n) is 12.4. The predicted octanol–water partition coefficient (Wildman–Crippen LogP) is 4.75. The van der Waals surface area contributed by atoms with E-state index < -0.39 is 0 Å². The number of hydrogen-bond acceptors (Lipinski definition) is 3. The fourth-order valence-corrected chi connectivity index (χ4v) is 2.20. The first-order chi connectivity index (χ1) is 9.56. The van der Waals surface area contributed by atoms with Gasteiger partial charge in [-0.15, -0.1) is 24.8 Å².